The largest absolute Gasteiger partial charge is 0.508 e. The summed E-state index contributed by atoms with van der Waals surface area (Å²) in [5.41, 5.74) is 2.78. The lowest BCUT2D eigenvalue weighted by molar-refractivity contribution is -0.160. The number of primary amides is 1. The number of phenolic OH excluding ortho intramolecular Hbond substituents is 1. The minimum atomic E-state index is -2.82. The molecule has 5 unspecified atom stereocenters. The molecule has 0 aromatic heterocycles. The fourth-order valence-corrected chi connectivity index (χ4v) is 5.57. The number of aromatic hydroxyl groups is 1. The molecule has 7 N–H and O–H groups in total. The standard InChI is InChI=1S/C22H23NO8/c1-6-4-7(2)16(25)14-11(6)8(3)12-15(18(14)27)20(29)22(31)9(17(12)26)5-10(24)13(19(22)28)21(23)30/h4,8-9,12,17,25-28,31H,5H2,1-3H3,(H2,23,30). The lowest BCUT2D eigenvalue weighted by atomic mass is 9.55. The fraction of sp³-hybridized carbons (Fsp3) is 0.409. The summed E-state index contributed by atoms with van der Waals surface area (Å²) in [6.07, 6.45) is -2.11. The summed E-state index contributed by atoms with van der Waals surface area (Å²) in [6, 6.07) is 1.72. The number of Topliss-reactive ketones (excluding diaryl/α,β-unsaturated/α-hetero) is 2. The maximum Gasteiger partial charge on any atom is 0.255 e. The number of fused-ring (bicyclic) bond motifs is 3. The summed E-state index contributed by atoms with van der Waals surface area (Å²) < 4.78 is 0. The van der Waals surface area contributed by atoms with E-state index in [1.54, 1.807) is 26.8 Å². The van der Waals surface area contributed by atoms with Crippen molar-refractivity contribution in [2.45, 2.75) is 44.8 Å². The summed E-state index contributed by atoms with van der Waals surface area (Å²) in [7, 11) is 0. The van der Waals surface area contributed by atoms with Gasteiger partial charge in [0.15, 0.2) is 11.4 Å². The highest BCUT2D eigenvalue weighted by Crippen LogP contribution is 2.56. The van der Waals surface area contributed by atoms with E-state index < -0.39 is 70.4 Å². The van der Waals surface area contributed by atoms with Crippen LogP contribution in [0.2, 0.25) is 0 Å². The van der Waals surface area contributed by atoms with Crippen molar-refractivity contribution < 1.29 is 39.9 Å². The molecule has 0 heterocycles. The van der Waals surface area contributed by atoms with Gasteiger partial charge < -0.3 is 31.3 Å². The van der Waals surface area contributed by atoms with Crippen LogP contribution in [0.1, 0.15) is 41.5 Å². The lowest BCUT2D eigenvalue weighted by Gasteiger charge is -2.50. The molecule has 0 aliphatic heterocycles. The Bertz CT molecular complexity index is 1150. The quantitative estimate of drug-likeness (QED) is 0.351. The predicted molar refractivity (Wildman–Crippen MR) is 107 cm³/mol. The normalized spacial score (nSPS) is 32.5. The summed E-state index contributed by atoms with van der Waals surface area (Å²) in [5, 5.41) is 54.6. The molecule has 5 atom stereocenters. The number of nitrogens with two attached hydrogens (primary N) is 1. The average Bonchev–Trinajstić information content (AvgIpc) is 2.67. The molecule has 3 aliphatic rings. The Hall–Kier alpha value is -3.17. The van der Waals surface area contributed by atoms with E-state index in [2.05, 4.69) is 0 Å². The van der Waals surface area contributed by atoms with Crippen LogP contribution < -0.4 is 5.73 Å². The number of aliphatic hydroxyl groups excluding tert-OH is 3. The van der Waals surface area contributed by atoms with Crippen molar-refractivity contribution >= 4 is 23.2 Å². The number of aliphatic hydroxyl groups is 4. The zero-order chi connectivity index (χ0) is 23.2. The number of rotatable bonds is 1. The van der Waals surface area contributed by atoms with Gasteiger partial charge in [0.2, 0.25) is 5.78 Å². The second-order valence-electron chi connectivity index (χ2n) is 8.63. The first-order valence-electron chi connectivity index (χ1n) is 9.84. The molecule has 9 heteroatoms. The number of amides is 1. The van der Waals surface area contributed by atoms with Gasteiger partial charge in [-0.1, -0.05) is 13.0 Å². The lowest BCUT2D eigenvalue weighted by Crippen LogP contribution is -2.64. The molecule has 0 radical (unpaired) electrons. The Balaban J connectivity index is 2.05. The zero-order valence-corrected chi connectivity index (χ0v) is 17.1. The van der Waals surface area contributed by atoms with Crippen LogP contribution in [0.5, 0.6) is 5.75 Å². The van der Waals surface area contributed by atoms with Crippen molar-refractivity contribution in [1.29, 1.82) is 0 Å². The Labute approximate surface area is 177 Å². The first-order valence-corrected chi connectivity index (χ1v) is 9.84. The van der Waals surface area contributed by atoms with E-state index >= 15 is 0 Å². The number of ketones is 2. The highest BCUT2D eigenvalue weighted by Gasteiger charge is 2.65. The van der Waals surface area contributed by atoms with E-state index in [9.17, 15) is 39.9 Å². The summed E-state index contributed by atoms with van der Waals surface area (Å²) >= 11 is 0. The van der Waals surface area contributed by atoms with Gasteiger partial charge in [-0.05, 0) is 36.5 Å². The third-order valence-corrected chi connectivity index (χ3v) is 6.99. The van der Waals surface area contributed by atoms with Gasteiger partial charge in [0.1, 0.15) is 22.8 Å². The van der Waals surface area contributed by atoms with Crippen LogP contribution >= 0.6 is 0 Å². The van der Waals surface area contributed by atoms with Gasteiger partial charge >= 0.3 is 0 Å². The van der Waals surface area contributed by atoms with Gasteiger partial charge in [-0.3, -0.25) is 14.4 Å². The number of carbonyl (C=O) groups excluding carboxylic acids is 3. The molecular formula is C22H23NO8. The first kappa shape index (κ1) is 21.1. The topological polar surface area (TPSA) is 178 Å². The molecule has 0 spiro atoms. The van der Waals surface area contributed by atoms with Crippen molar-refractivity contribution in [3.05, 3.63) is 45.2 Å². The van der Waals surface area contributed by atoms with Gasteiger partial charge in [-0.15, -0.1) is 0 Å². The van der Waals surface area contributed by atoms with E-state index in [4.69, 9.17) is 5.73 Å². The Morgan fingerprint density at radius 2 is 1.77 bits per heavy atom. The molecule has 1 aromatic carbocycles. The van der Waals surface area contributed by atoms with Crippen molar-refractivity contribution in [1.82, 2.24) is 0 Å². The van der Waals surface area contributed by atoms with Crippen LogP contribution in [0.25, 0.3) is 5.76 Å². The first-order chi connectivity index (χ1) is 14.3. The molecule has 4 rings (SSSR count). The smallest absolute Gasteiger partial charge is 0.255 e. The van der Waals surface area contributed by atoms with Crippen LogP contribution in [0, 0.1) is 25.7 Å². The molecular weight excluding hydrogens is 406 g/mol. The Morgan fingerprint density at radius 1 is 1.16 bits per heavy atom. The highest BCUT2D eigenvalue weighted by atomic mass is 16.4. The van der Waals surface area contributed by atoms with E-state index in [0.29, 0.717) is 11.1 Å². The second kappa shape index (κ2) is 6.41. The highest BCUT2D eigenvalue weighted by molar-refractivity contribution is 6.23. The number of hydrogen-bond acceptors (Lipinski definition) is 8. The third-order valence-electron chi connectivity index (χ3n) is 6.99. The zero-order valence-electron chi connectivity index (χ0n) is 17.1. The fourth-order valence-electron chi connectivity index (χ4n) is 5.57. The third kappa shape index (κ3) is 2.41. The predicted octanol–water partition coefficient (Wildman–Crippen LogP) is 0.573. The molecule has 9 nitrogen and oxygen atoms in total. The Morgan fingerprint density at radius 3 is 2.35 bits per heavy atom. The number of phenols is 1. The SMILES string of the molecule is Cc1cc(C)c2c(c1O)C(O)=C1C(=O)C3(O)C(O)=C(C(N)=O)C(=O)CC3C(O)C1C2C. The average molecular weight is 429 g/mol. The van der Waals surface area contributed by atoms with E-state index in [1.165, 1.54) is 0 Å². The van der Waals surface area contributed by atoms with Crippen LogP contribution in [0.15, 0.2) is 23.0 Å². The molecule has 164 valence electrons. The van der Waals surface area contributed by atoms with Gasteiger partial charge in [0, 0.05) is 23.8 Å². The van der Waals surface area contributed by atoms with Crippen LogP contribution in [-0.4, -0.2) is 54.7 Å². The van der Waals surface area contributed by atoms with Gasteiger partial charge in [-0.2, -0.15) is 0 Å². The van der Waals surface area contributed by atoms with Crippen LogP contribution in [0.4, 0.5) is 0 Å². The molecule has 0 saturated heterocycles. The Kier molecular flexibility index (Phi) is 4.36. The van der Waals surface area contributed by atoms with E-state index in [-0.39, 0.29) is 16.9 Å². The second-order valence-corrected chi connectivity index (χ2v) is 8.63. The molecule has 1 aromatic rings. The minimum absolute atomic E-state index is 0.0179. The minimum Gasteiger partial charge on any atom is -0.508 e. The maximum absolute atomic E-state index is 13.5. The summed E-state index contributed by atoms with van der Waals surface area (Å²) in [6.45, 7) is 5.10. The number of benzene rings is 1. The maximum atomic E-state index is 13.5. The van der Waals surface area contributed by atoms with E-state index in [1.807, 2.05) is 0 Å². The monoisotopic (exact) mass is 429 g/mol. The molecule has 3 aliphatic carbocycles. The van der Waals surface area contributed by atoms with Crippen molar-refractivity contribution in [2.24, 2.45) is 17.6 Å². The van der Waals surface area contributed by atoms with E-state index in [0.717, 1.165) is 5.56 Å². The van der Waals surface area contributed by atoms with Gasteiger partial charge in [0.05, 0.1) is 11.7 Å². The molecule has 1 fully saturated rings. The molecule has 1 amide bonds. The van der Waals surface area contributed by atoms with Crippen LogP contribution in [-0.2, 0) is 14.4 Å². The molecule has 1 saturated carbocycles. The molecule has 31 heavy (non-hydrogen) atoms. The summed E-state index contributed by atoms with van der Waals surface area (Å²) in [4.78, 5) is 37.5. The molecule has 0 bridgehead atoms. The van der Waals surface area contributed by atoms with Crippen LogP contribution in [0.3, 0.4) is 0 Å². The number of carbonyl (C=O) groups is 3. The number of hydrogen-bond donors (Lipinski definition) is 6. The van der Waals surface area contributed by atoms with Crippen molar-refractivity contribution in [2.75, 3.05) is 0 Å². The van der Waals surface area contributed by atoms with Crippen molar-refractivity contribution in [3.63, 3.8) is 0 Å². The van der Waals surface area contributed by atoms with Gasteiger partial charge in [-0.25, -0.2) is 0 Å². The number of aryl methyl sites for hydroxylation is 2. The van der Waals surface area contributed by atoms with Gasteiger partial charge in [0.25, 0.3) is 5.91 Å². The summed E-state index contributed by atoms with van der Waals surface area (Å²) in [5.74, 6) is -8.48. The van der Waals surface area contributed by atoms with Crippen molar-refractivity contribution in [3.8, 4) is 5.75 Å².